The van der Waals surface area contributed by atoms with Gasteiger partial charge in [0, 0.05) is 12.6 Å². The van der Waals surface area contributed by atoms with E-state index < -0.39 is 0 Å². The Morgan fingerprint density at radius 3 is 2.73 bits per heavy atom. The summed E-state index contributed by atoms with van der Waals surface area (Å²) in [7, 11) is 4.37. The summed E-state index contributed by atoms with van der Waals surface area (Å²) in [5, 5.41) is 0. The zero-order valence-corrected chi connectivity index (χ0v) is 8.01. The molecule has 1 saturated heterocycles. The standard InChI is InChI=1S/C9H20N2/c1-4-11-7-5-6-9(8-11)10(2)3/h9H,4-8H2,1-3H3/t9-/m0/s1. The van der Waals surface area contributed by atoms with Crippen molar-refractivity contribution in [2.75, 3.05) is 33.7 Å². The minimum Gasteiger partial charge on any atom is -0.305 e. The third kappa shape index (κ3) is 2.46. The molecule has 0 radical (unpaired) electrons. The lowest BCUT2D eigenvalue weighted by atomic mass is 10.1. The van der Waals surface area contributed by atoms with E-state index in [2.05, 4.69) is 30.8 Å². The van der Waals surface area contributed by atoms with Crippen molar-refractivity contribution >= 4 is 0 Å². The summed E-state index contributed by atoms with van der Waals surface area (Å²) in [4.78, 5) is 4.88. The van der Waals surface area contributed by atoms with Crippen LogP contribution in [-0.4, -0.2) is 49.6 Å². The Morgan fingerprint density at radius 2 is 2.18 bits per heavy atom. The van der Waals surface area contributed by atoms with Gasteiger partial charge in [0.1, 0.15) is 0 Å². The highest BCUT2D eigenvalue weighted by Gasteiger charge is 2.19. The first-order valence-corrected chi connectivity index (χ1v) is 4.62. The molecule has 2 heteroatoms. The van der Waals surface area contributed by atoms with Crippen LogP contribution in [0, 0.1) is 0 Å². The first-order valence-electron chi connectivity index (χ1n) is 4.62. The van der Waals surface area contributed by atoms with Gasteiger partial charge in [0.05, 0.1) is 0 Å². The average molecular weight is 156 g/mol. The van der Waals surface area contributed by atoms with Crippen molar-refractivity contribution in [1.29, 1.82) is 0 Å². The molecule has 0 bridgehead atoms. The first-order chi connectivity index (χ1) is 5.24. The minimum absolute atomic E-state index is 0.795. The van der Waals surface area contributed by atoms with Crippen molar-refractivity contribution < 1.29 is 0 Å². The van der Waals surface area contributed by atoms with Crippen LogP contribution < -0.4 is 0 Å². The van der Waals surface area contributed by atoms with Gasteiger partial charge < -0.3 is 9.80 Å². The van der Waals surface area contributed by atoms with Crippen molar-refractivity contribution in [3.05, 3.63) is 0 Å². The molecule has 0 aromatic carbocycles. The van der Waals surface area contributed by atoms with Gasteiger partial charge >= 0.3 is 0 Å². The van der Waals surface area contributed by atoms with Gasteiger partial charge in [0.15, 0.2) is 0 Å². The minimum atomic E-state index is 0.795. The molecule has 0 aromatic rings. The van der Waals surface area contributed by atoms with Crippen molar-refractivity contribution in [3.63, 3.8) is 0 Å². The summed E-state index contributed by atoms with van der Waals surface area (Å²) in [6.45, 7) is 6.03. The number of likely N-dealkylation sites (tertiary alicyclic amines) is 1. The van der Waals surface area contributed by atoms with Crippen molar-refractivity contribution in [3.8, 4) is 0 Å². The van der Waals surface area contributed by atoms with Crippen LogP contribution in [0.25, 0.3) is 0 Å². The van der Waals surface area contributed by atoms with E-state index in [4.69, 9.17) is 0 Å². The fraction of sp³-hybridized carbons (Fsp3) is 1.00. The zero-order chi connectivity index (χ0) is 8.27. The van der Waals surface area contributed by atoms with E-state index in [1.165, 1.54) is 32.5 Å². The smallest absolute Gasteiger partial charge is 0.0217 e. The quantitative estimate of drug-likeness (QED) is 0.589. The van der Waals surface area contributed by atoms with Gasteiger partial charge in [-0.25, -0.2) is 0 Å². The van der Waals surface area contributed by atoms with Gasteiger partial charge in [0.25, 0.3) is 0 Å². The van der Waals surface area contributed by atoms with Gasteiger partial charge in [-0.15, -0.1) is 0 Å². The van der Waals surface area contributed by atoms with Crippen molar-refractivity contribution in [2.24, 2.45) is 0 Å². The molecular weight excluding hydrogens is 136 g/mol. The number of hydrogen-bond donors (Lipinski definition) is 0. The molecule has 1 heterocycles. The topological polar surface area (TPSA) is 6.48 Å². The maximum Gasteiger partial charge on any atom is 0.0217 e. The largest absolute Gasteiger partial charge is 0.305 e. The number of likely N-dealkylation sites (N-methyl/N-ethyl adjacent to an activating group) is 2. The van der Waals surface area contributed by atoms with Crippen LogP contribution >= 0.6 is 0 Å². The molecule has 0 saturated carbocycles. The van der Waals surface area contributed by atoms with E-state index in [1.807, 2.05) is 0 Å². The molecule has 0 amide bonds. The zero-order valence-electron chi connectivity index (χ0n) is 8.01. The predicted molar refractivity (Wildman–Crippen MR) is 48.8 cm³/mol. The summed E-state index contributed by atoms with van der Waals surface area (Å²) in [6.07, 6.45) is 2.75. The maximum atomic E-state index is 2.54. The molecule has 0 N–H and O–H groups in total. The van der Waals surface area contributed by atoms with Crippen LogP contribution in [-0.2, 0) is 0 Å². The number of hydrogen-bond acceptors (Lipinski definition) is 2. The highest BCUT2D eigenvalue weighted by atomic mass is 15.2. The summed E-state index contributed by atoms with van der Waals surface area (Å²) >= 11 is 0. The van der Waals surface area contributed by atoms with Crippen LogP contribution in [0.3, 0.4) is 0 Å². The van der Waals surface area contributed by atoms with Crippen molar-refractivity contribution in [2.45, 2.75) is 25.8 Å². The Morgan fingerprint density at radius 1 is 1.45 bits per heavy atom. The molecular formula is C9H20N2. The van der Waals surface area contributed by atoms with Crippen LogP contribution in [0.1, 0.15) is 19.8 Å². The monoisotopic (exact) mass is 156 g/mol. The lowest BCUT2D eigenvalue weighted by Gasteiger charge is -2.35. The Hall–Kier alpha value is -0.0800. The Balaban J connectivity index is 2.33. The maximum absolute atomic E-state index is 2.54. The summed E-state index contributed by atoms with van der Waals surface area (Å²) < 4.78 is 0. The molecule has 2 nitrogen and oxygen atoms in total. The molecule has 1 rings (SSSR count). The highest BCUT2D eigenvalue weighted by molar-refractivity contribution is 4.76. The average Bonchev–Trinajstić information content (AvgIpc) is 2.05. The van der Waals surface area contributed by atoms with E-state index in [1.54, 1.807) is 0 Å². The molecule has 66 valence electrons. The van der Waals surface area contributed by atoms with Gasteiger partial charge in [-0.2, -0.15) is 0 Å². The second-order valence-corrected chi connectivity index (χ2v) is 3.65. The van der Waals surface area contributed by atoms with E-state index >= 15 is 0 Å². The summed E-state index contributed by atoms with van der Waals surface area (Å²) in [5.74, 6) is 0. The molecule has 1 aliphatic heterocycles. The number of piperidine rings is 1. The molecule has 0 aromatic heterocycles. The molecule has 1 aliphatic rings. The van der Waals surface area contributed by atoms with Crippen molar-refractivity contribution in [1.82, 2.24) is 9.80 Å². The summed E-state index contributed by atoms with van der Waals surface area (Å²) in [5.41, 5.74) is 0. The Kier molecular flexibility index (Phi) is 3.34. The van der Waals surface area contributed by atoms with Gasteiger partial charge in [-0.3, -0.25) is 0 Å². The second-order valence-electron chi connectivity index (χ2n) is 3.65. The summed E-state index contributed by atoms with van der Waals surface area (Å²) in [6, 6.07) is 0.795. The third-order valence-corrected chi connectivity index (χ3v) is 2.66. The first kappa shape index (κ1) is 9.01. The SMILES string of the molecule is CCN1CCC[C@H](N(C)C)C1. The third-order valence-electron chi connectivity index (χ3n) is 2.66. The second kappa shape index (κ2) is 4.07. The fourth-order valence-electron chi connectivity index (χ4n) is 1.74. The van der Waals surface area contributed by atoms with Crippen LogP contribution in [0.15, 0.2) is 0 Å². The van der Waals surface area contributed by atoms with Gasteiger partial charge in [-0.05, 0) is 40.0 Å². The highest BCUT2D eigenvalue weighted by Crippen LogP contribution is 2.12. The lowest BCUT2D eigenvalue weighted by molar-refractivity contribution is 0.138. The van der Waals surface area contributed by atoms with E-state index in [9.17, 15) is 0 Å². The molecule has 1 fully saturated rings. The molecule has 0 aliphatic carbocycles. The normalized spacial score (nSPS) is 27.8. The van der Waals surface area contributed by atoms with Gasteiger partial charge in [0.2, 0.25) is 0 Å². The van der Waals surface area contributed by atoms with E-state index in [0.29, 0.717) is 0 Å². The van der Waals surface area contributed by atoms with E-state index in [-0.39, 0.29) is 0 Å². The predicted octanol–water partition coefficient (Wildman–Crippen LogP) is 1.03. The number of rotatable bonds is 2. The van der Waals surface area contributed by atoms with Crippen LogP contribution in [0.4, 0.5) is 0 Å². The molecule has 0 unspecified atom stereocenters. The van der Waals surface area contributed by atoms with Crippen LogP contribution in [0.5, 0.6) is 0 Å². The lowest BCUT2D eigenvalue weighted by Crippen LogP contribution is -2.44. The Labute approximate surface area is 70.2 Å². The fourth-order valence-corrected chi connectivity index (χ4v) is 1.74. The van der Waals surface area contributed by atoms with E-state index in [0.717, 1.165) is 6.04 Å². The molecule has 11 heavy (non-hydrogen) atoms. The van der Waals surface area contributed by atoms with Crippen LogP contribution in [0.2, 0.25) is 0 Å². The Bertz CT molecular complexity index is 112. The molecule has 0 spiro atoms. The van der Waals surface area contributed by atoms with Gasteiger partial charge in [-0.1, -0.05) is 6.92 Å². The molecule has 1 atom stereocenters. The number of nitrogens with zero attached hydrogens (tertiary/aromatic N) is 2.